The van der Waals surface area contributed by atoms with Crippen molar-refractivity contribution in [1.29, 1.82) is 5.26 Å². The second kappa shape index (κ2) is 10.3. The first kappa shape index (κ1) is 21.2. The van der Waals surface area contributed by atoms with Crippen molar-refractivity contribution >= 4 is 17.9 Å². The van der Waals surface area contributed by atoms with Crippen LogP contribution in [0.15, 0.2) is 24.3 Å². The van der Waals surface area contributed by atoms with Gasteiger partial charge in [0.15, 0.2) is 12.2 Å². The van der Waals surface area contributed by atoms with Gasteiger partial charge in [0, 0.05) is 6.04 Å². The molecule has 0 aliphatic heterocycles. The van der Waals surface area contributed by atoms with Crippen LogP contribution in [0.2, 0.25) is 0 Å². The van der Waals surface area contributed by atoms with E-state index in [2.05, 4.69) is 10.6 Å². The van der Waals surface area contributed by atoms with Crippen molar-refractivity contribution in [2.45, 2.75) is 64.2 Å². The van der Waals surface area contributed by atoms with E-state index in [-0.39, 0.29) is 6.04 Å². The fourth-order valence-corrected chi connectivity index (χ4v) is 2.87. The summed E-state index contributed by atoms with van der Waals surface area (Å²) in [6.07, 6.45) is 2.98. The highest BCUT2D eigenvalue weighted by Gasteiger charge is 2.25. The Labute approximate surface area is 164 Å². The number of hydrogen-bond donors (Lipinski definition) is 2. The molecule has 0 bridgehead atoms. The van der Waals surface area contributed by atoms with Gasteiger partial charge in [-0.05, 0) is 51.0 Å². The van der Waals surface area contributed by atoms with Crippen LogP contribution >= 0.6 is 0 Å². The molecule has 0 unspecified atom stereocenters. The Morgan fingerprint density at radius 3 is 2.32 bits per heavy atom. The average molecular weight is 387 g/mol. The van der Waals surface area contributed by atoms with Gasteiger partial charge in [-0.15, -0.1) is 0 Å². The summed E-state index contributed by atoms with van der Waals surface area (Å²) in [6.45, 7) is 2.87. The number of esters is 1. The van der Waals surface area contributed by atoms with E-state index < -0.39 is 30.1 Å². The maximum Gasteiger partial charge on any atom is 0.347 e. The molecule has 1 fully saturated rings. The minimum atomic E-state index is -1.14. The summed E-state index contributed by atoms with van der Waals surface area (Å²) in [6, 6.07) is 7.73. The quantitative estimate of drug-likeness (QED) is 0.724. The first-order valence-electron chi connectivity index (χ1n) is 9.37. The molecule has 1 aliphatic carbocycles. The number of rotatable bonds is 6. The number of imide groups is 1. The number of urea groups is 1. The van der Waals surface area contributed by atoms with Gasteiger partial charge in [-0.25, -0.2) is 9.59 Å². The molecule has 1 aromatic rings. The number of benzene rings is 1. The lowest BCUT2D eigenvalue weighted by atomic mass is 9.96. The number of nitrogens with zero attached hydrogens (tertiary/aromatic N) is 1. The second-order valence-corrected chi connectivity index (χ2v) is 6.77. The van der Waals surface area contributed by atoms with E-state index in [0.29, 0.717) is 11.3 Å². The summed E-state index contributed by atoms with van der Waals surface area (Å²) < 4.78 is 10.5. The molecular formula is C20H25N3O5. The van der Waals surface area contributed by atoms with Crippen molar-refractivity contribution in [1.82, 2.24) is 10.6 Å². The van der Waals surface area contributed by atoms with Crippen LogP contribution in [0.5, 0.6) is 5.75 Å². The zero-order valence-electron chi connectivity index (χ0n) is 16.1. The van der Waals surface area contributed by atoms with Crippen molar-refractivity contribution in [2.75, 3.05) is 0 Å². The van der Waals surface area contributed by atoms with Crippen molar-refractivity contribution < 1.29 is 23.9 Å². The second-order valence-electron chi connectivity index (χ2n) is 6.77. The van der Waals surface area contributed by atoms with E-state index in [1.807, 2.05) is 6.07 Å². The van der Waals surface area contributed by atoms with Crippen LogP contribution in [-0.4, -0.2) is 36.2 Å². The molecule has 1 saturated carbocycles. The van der Waals surface area contributed by atoms with Gasteiger partial charge in [-0.2, -0.15) is 5.26 Å². The maximum atomic E-state index is 12.1. The third-order valence-electron chi connectivity index (χ3n) is 4.47. The Kier molecular flexibility index (Phi) is 7.81. The number of hydrogen-bond acceptors (Lipinski definition) is 6. The lowest BCUT2D eigenvalue weighted by Crippen LogP contribution is -2.48. The monoisotopic (exact) mass is 387 g/mol. The predicted octanol–water partition coefficient (Wildman–Crippen LogP) is 2.42. The molecule has 3 amide bonds. The van der Waals surface area contributed by atoms with E-state index in [1.165, 1.54) is 13.8 Å². The highest BCUT2D eigenvalue weighted by molar-refractivity contribution is 5.97. The third kappa shape index (κ3) is 6.58. The van der Waals surface area contributed by atoms with Gasteiger partial charge in [-0.3, -0.25) is 10.1 Å². The summed E-state index contributed by atoms with van der Waals surface area (Å²) in [5.41, 5.74) is 0.472. The summed E-state index contributed by atoms with van der Waals surface area (Å²) in [7, 11) is 0. The van der Waals surface area contributed by atoms with Gasteiger partial charge in [0.1, 0.15) is 5.75 Å². The summed E-state index contributed by atoms with van der Waals surface area (Å²) in [4.78, 5) is 36.1. The van der Waals surface area contributed by atoms with E-state index in [0.717, 1.165) is 32.1 Å². The standard InChI is InChI=1S/C20H25N3O5/c1-13(18(24)23-20(26)22-16-6-4-3-5-7-16)28-19(25)14(2)27-17-10-8-15(12-21)9-11-17/h8-11,13-14,16H,3-7H2,1-2H3,(H2,22,23,24,26)/t13-,14+/m0/s1. The van der Waals surface area contributed by atoms with Crippen molar-refractivity contribution in [3.63, 3.8) is 0 Å². The maximum absolute atomic E-state index is 12.1. The smallest absolute Gasteiger partial charge is 0.347 e. The average Bonchev–Trinajstić information content (AvgIpc) is 2.69. The Morgan fingerprint density at radius 2 is 1.71 bits per heavy atom. The van der Waals surface area contributed by atoms with Crippen molar-refractivity contribution in [2.24, 2.45) is 0 Å². The number of ether oxygens (including phenoxy) is 2. The molecule has 2 N–H and O–H groups in total. The number of nitriles is 1. The van der Waals surface area contributed by atoms with Crippen molar-refractivity contribution in [3.8, 4) is 11.8 Å². The zero-order valence-corrected chi connectivity index (χ0v) is 16.1. The van der Waals surface area contributed by atoms with Crippen LogP contribution in [0.3, 0.4) is 0 Å². The number of nitrogens with one attached hydrogen (secondary N) is 2. The van der Waals surface area contributed by atoms with E-state index in [9.17, 15) is 14.4 Å². The van der Waals surface area contributed by atoms with Gasteiger partial charge in [0.2, 0.25) is 0 Å². The Bertz CT molecular complexity index is 735. The third-order valence-corrected chi connectivity index (χ3v) is 4.47. The normalized spacial score (nSPS) is 16.2. The van der Waals surface area contributed by atoms with Crippen molar-refractivity contribution in [3.05, 3.63) is 29.8 Å². The van der Waals surface area contributed by atoms with Gasteiger partial charge in [-0.1, -0.05) is 19.3 Å². The first-order chi connectivity index (χ1) is 13.4. The Hall–Kier alpha value is -3.08. The van der Waals surface area contributed by atoms with Gasteiger partial charge < -0.3 is 14.8 Å². The van der Waals surface area contributed by atoms with Gasteiger partial charge in [0.25, 0.3) is 5.91 Å². The van der Waals surface area contributed by atoms with E-state index >= 15 is 0 Å². The number of carbonyl (C=O) groups excluding carboxylic acids is 3. The van der Waals surface area contributed by atoms with Gasteiger partial charge in [0.05, 0.1) is 11.6 Å². The van der Waals surface area contributed by atoms with Crippen LogP contribution in [0.4, 0.5) is 4.79 Å². The first-order valence-corrected chi connectivity index (χ1v) is 9.37. The topological polar surface area (TPSA) is 118 Å². The SMILES string of the molecule is C[C@H](OC(=O)[C@@H](C)Oc1ccc(C#N)cc1)C(=O)NC(=O)NC1CCCCC1. The van der Waals surface area contributed by atoms with Crippen LogP contribution in [0, 0.1) is 11.3 Å². The van der Waals surface area contributed by atoms with Crippen LogP contribution in [0.1, 0.15) is 51.5 Å². The summed E-state index contributed by atoms with van der Waals surface area (Å²) in [5, 5.41) is 13.7. The molecule has 8 nitrogen and oxygen atoms in total. The molecular weight excluding hydrogens is 362 g/mol. The number of carbonyl (C=O) groups is 3. The highest BCUT2D eigenvalue weighted by atomic mass is 16.6. The molecule has 0 saturated heterocycles. The lowest BCUT2D eigenvalue weighted by molar-refractivity contribution is -0.160. The molecule has 1 aliphatic rings. The van der Waals surface area contributed by atoms with Crippen LogP contribution in [0.25, 0.3) is 0 Å². The predicted molar refractivity (Wildman–Crippen MR) is 100 cm³/mol. The molecule has 28 heavy (non-hydrogen) atoms. The fraction of sp³-hybridized carbons (Fsp3) is 0.500. The highest BCUT2D eigenvalue weighted by Crippen LogP contribution is 2.17. The Morgan fingerprint density at radius 1 is 1.07 bits per heavy atom. The number of amides is 3. The van der Waals surface area contributed by atoms with E-state index in [4.69, 9.17) is 14.7 Å². The lowest BCUT2D eigenvalue weighted by Gasteiger charge is -2.23. The minimum Gasteiger partial charge on any atom is -0.479 e. The molecule has 0 radical (unpaired) electrons. The minimum absolute atomic E-state index is 0.0697. The summed E-state index contributed by atoms with van der Waals surface area (Å²) in [5.74, 6) is -1.04. The molecule has 0 aromatic heterocycles. The molecule has 8 heteroatoms. The largest absolute Gasteiger partial charge is 0.479 e. The molecule has 150 valence electrons. The molecule has 1 aromatic carbocycles. The molecule has 2 rings (SSSR count). The fourth-order valence-electron chi connectivity index (χ4n) is 2.87. The zero-order chi connectivity index (χ0) is 20.5. The van der Waals surface area contributed by atoms with Crippen LogP contribution < -0.4 is 15.4 Å². The van der Waals surface area contributed by atoms with Gasteiger partial charge >= 0.3 is 12.0 Å². The molecule has 0 spiro atoms. The summed E-state index contributed by atoms with van der Waals surface area (Å²) >= 11 is 0. The Balaban J connectivity index is 1.76. The van der Waals surface area contributed by atoms with E-state index in [1.54, 1.807) is 24.3 Å². The van der Waals surface area contributed by atoms with Crippen LogP contribution in [-0.2, 0) is 14.3 Å². The molecule has 2 atom stereocenters. The molecule has 0 heterocycles.